The Morgan fingerprint density at radius 3 is 1.90 bits per heavy atom. The lowest BCUT2D eigenvalue weighted by Crippen LogP contribution is -2.17. The average Bonchev–Trinajstić information content (AvgIpc) is 2.74. The first kappa shape index (κ1) is 22.4. The molecule has 0 spiro atoms. The van der Waals surface area contributed by atoms with E-state index in [0.29, 0.717) is 23.8 Å². The van der Waals surface area contributed by atoms with Crippen molar-refractivity contribution in [3.8, 4) is 0 Å². The monoisotopic (exact) mass is 410 g/mol. The van der Waals surface area contributed by atoms with Crippen molar-refractivity contribution < 1.29 is 17.6 Å². The Bertz CT molecular complexity index is 630. The van der Waals surface area contributed by atoms with Crippen LogP contribution < -0.4 is 0 Å². The van der Waals surface area contributed by atoms with Crippen molar-refractivity contribution in [2.24, 2.45) is 17.8 Å². The SMILES string of the molecule is FCCC/C=C/C1CCC(CCC2CCC(c3cc(F)c(F)c(F)c3)CC2)CC1. The summed E-state index contributed by atoms with van der Waals surface area (Å²) in [5.41, 5.74) is 0.609. The first-order chi connectivity index (χ1) is 14.1. The molecular weight excluding hydrogens is 376 g/mol. The van der Waals surface area contributed by atoms with Crippen LogP contribution in [0.25, 0.3) is 0 Å². The number of halogens is 4. The Balaban J connectivity index is 1.35. The second kappa shape index (κ2) is 11.2. The van der Waals surface area contributed by atoms with Gasteiger partial charge in [0, 0.05) is 0 Å². The molecule has 0 nitrogen and oxygen atoms in total. The molecule has 4 heteroatoms. The van der Waals surface area contributed by atoms with E-state index in [1.54, 1.807) is 0 Å². The first-order valence-corrected chi connectivity index (χ1v) is 11.4. The molecule has 0 atom stereocenters. The lowest BCUT2D eigenvalue weighted by atomic mass is 9.74. The van der Waals surface area contributed by atoms with Crippen LogP contribution in [0.5, 0.6) is 0 Å². The standard InChI is InChI=1S/C25H34F4/c26-15-3-1-2-4-18-5-7-19(8-6-18)9-10-20-11-13-21(14-12-20)22-16-23(27)25(29)24(28)17-22/h2,4,16-21H,1,3,5-15H2/b4-2+. The molecule has 0 aliphatic heterocycles. The second-order valence-corrected chi connectivity index (χ2v) is 9.13. The summed E-state index contributed by atoms with van der Waals surface area (Å²) < 4.78 is 52.3. The summed E-state index contributed by atoms with van der Waals surface area (Å²) in [4.78, 5) is 0. The Morgan fingerprint density at radius 1 is 0.793 bits per heavy atom. The van der Waals surface area contributed by atoms with Crippen LogP contribution in [0.15, 0.2) is 24.3 Å². The van der Waals surface area contributed by atoms with Gasteiger partial charge in [-0.1, -0.05) is 25.0 Å². The summed E-state index contributed by atoms with van der Waals surface area (Å²) in [6.45, 7) is -0.226. The molecule has 0 amide bonds. The molecular formula is C25H34F4. The molecule has 0 radical (unpaired) electrons. The van der Waals surface area contributed by atoms with Gasteiger partial charge in [0.1, 0.15) is 0 Å². The van der Waals surface area contributed by atoms with Crippen molar-refractivity contribution in [3.63, 3.8) is 0 Å². The molecule has 3 rings (SSSR count). The third-order valence-electron chi connectivity index (χ3n) is 7.11. The minimum absolute atomic E-state index is 0.149. The molecule has 2 aliphatic rings. The van der Waals surface area contributed by atoms with Crippen LogP contribution in [0.2, 0.25) is 0 Å². The van der Waals surface area contributed by atoms with E-state index in [0.717, 1.165) is 38.0 Å². The zero-order valence-electron chi connectivity index (χ0n) is 17.3. The summed E-state index contributed by atoms with van der Waals surface area (Å²) >= 11 is 0. The molecule has 0 unspecified atom stereocenters. The number of benzene rings is 1. The van der Waals surface area contributed by atoms with Crippen molar-refractivity contribution in [1.29, 1.82) is 0 Å². The summed E-state index contributed by atoms with van der Waals surface area (Å²) in [7, 11) is 0. The van der Waals surface area contributed by atoms with E-state index in [4.69, 9.17) is 0 Å². The first-order valence-electron chi connectivity index (χ1n) is 11.4. The summed E-state index contributed by atoms with van der Waals surface area (Å²) in [6.07, 6.45) is 17.6. The van der Waals surface area contributed by atoms with Gasteiger partial charge in [-0.3, -0.25) is 4.39 Å². The smallest absolute Gasteiger partial charge is 0.194 e. The summed E-state index contributed by atoms with van der Waals surface area (Å²) in [5.74, 6) is -1.16. The maximum absolute atomic E-state index is 13.5. The Labute approximate surface area is 172 Å². The minimum atomic E-state index is -1.37. The molecule has 2 fully saturated rings. The lowest BCUT2D eigenvalue weighted by Gasteiger charge is -2.31. The van der Waals surface area contributed by atoms with Gasteiger partial charge >= 0.3 is 0 Å². The highest BCUT2D eigenvalue weighted by atomic mass is 19.2. The van der Waals surface area contributed by atoms with Crippen LogP contribution in [0.1, 0.15) is 88.5 Å². The van der Waals surface area contributed by atoms with Gasteiger partial charge in [0.15, 0.2) is 17.5 Å². The molecule has 0 saturated heterocycles. The number of rotatable bonds is 8. The molecule has 2 aliphatic carbocycles. The van der Waals surface area contributed by atoms with Gasteiger partial charge < -0.3 is 0 Å². The van der Waals surface area contributed by atoms with Crippen molar-refractivity contribution in [2.45, 2.75) is 83.0 Å². The van der Waals surface area contributed by atoms with E-state index in [1.165, 1.54) is 50.7 Å². The maximum Gasteiger partial charge on any atom is 0.194 e. The Hall–Kier alpha value is -1.32. The fraction of sp³-hybridized carbons (Fsp3) is 0.680. The van der Waals surface area contributed by atoms with Crippen molar-refractivity contribution in [2.75, 3.05) is 6.67 Å². The number of unbranched alkanes of at least 4 members (excludes halogenated alkanes) is 1. The van der Waals surface area contributed by atoms with E-state index in [1.807, 2.05) is 0 Å². The summed E-state index contributed by atoms with van der Waals surface area (Å²) in [6, 6.07) is 2.35. The van der Waals surface area contributed by atoms with E-state index in [-0.39, 0.29) is 12.6 Å². The zero-order chi connectivity index (χ0) is 20.6. The maximum atomic E-state index is 13.5. The van der Waals surface area contributed by atoms with Crippen LogP contribution in [0, 0.1) is 35.2 Å². The van der Waals surface area contributed by atoms with Crippen LogP contribution in [0.4, 0.5) is 17.6 Å². The van der Waals surface area contributed by atoms with Gasteiger partial charge in [-0.25, -0.2) is 13.2 Å². The molecule has 162 valence electrons. The fourth-order valence-corrected chi connectivity index (χ4v) is 5.22. The highest BCUT2D eigenvalue weighted by Crippen LogP contribution is 2.40. The van der Waals surface area contributed by atoms with Crippen LogP contribution >= 0.6 is 0 Å². The van der Waals surface area contributed by atoms with Gasteiger partial charge in [0.2, 0.25) is 0 Å². The van der Waals surface area contributed by atoms with Gasteiger partial charge in [-0.15, -0.1) is 0 Å². The quantitative estimate of drug-likeness (QED) is 0.175. The predicted octanol–water partition coefficient (Wildman–Crippen LogP) is 8.27. The highest BCUT2D eigenvalue weighted by molar-refractivity contribution is 5.23. The second-order valence-electron chi connectivity index (χ2n) is 9.13. The minimum Gasteiger partial charge on any atom is -0.251 e. The number of alkyl halides is 1. The fourth-order valence-electron chi connectivity index (χ4n) is 5.22. The average molecular weight is 411 g/mol. The van der Waals surface area contributed by atoms with Gasteiger partial charge in [-0.2, -0.15) is 0 Å². The molecule has 0 heterocycles. The number of hydrogen-bond acceptors (Lipinski definition) is 0. The molecule has 0 aromatic heterocycles. The lowest BCUT2D eigenvalue weighted by molar-refractivity contribution is 0.245. The normalized spacial score (nSPS) is 28.1. The number of allylic oxidation sites excluding steroid dienone is 2. The molecule has 0 N–H and O–H groups in total. The zero-order valence-corrected chi connectivity index (χ0v) is 17.3. The molecule has 29 heavy (non-hydrogen) atoms. The number of hydrogen-bond donors (Lipinski definition) is 0. The van der Waals surface area contributed by atoms with Crippen LogP contribution in [-0.4, -0.2) is 6.67 Å². The molecule has 0 bridgehead atoms. The highest BCUT2D eigenvalue weighted by Gasteiger charge is 2.26. The third-order valence-corrected chi connectivity index (χ3v) is 7.11. The van der Waals surface area contributed by atoms with Gasteiger partial charge in [0.05, 0.1) is 6.67 Å². The van der Waals surface area contributed by atoms with Crippen LogP contribution in [0.3, 0.4) is 0 Å². The van der Waals surface area contributed by atoms with E-state index < -0.39 is 17.5 Å². The van der Waals surface area contributed by atoms with Gasteiger partial charge in [0.25, 0.3) is 0 Å². The predicted molar refractivity (Wildman–Crippen MR) is 110 cm³/mol. The van der Waals surface area contributed by atoms with Crippen LogP contribution in [-0.2, 0) is 0 Å². The topological polar surface area (TPSA) is 0 Å². The molecule has 2 saturated carbocycles. The Morgan fingerprint density at radius 2 is 1.34 bits per heavy atom. The summed E-state index contributed by atoms with van der Waals surface area (Å²) in [5, 5.41) is 0. The van der Waals surface area contributed by atoms with E-state index in [9.17, 15) is 17.6 Å². The third kappa shape index (κ3) is 6.58. The van der Waals surface area contributed by atoms with Crippen molar-refractivity contribution >= 4 is 0 Å². The van der Waals surface area contributed by atoms with Gasteiger partial charge in [-0.05, 0) is 106 Å². The Kier molecular flexibility index (Phi) is 8.62. The van der Waals surface area contributed by atoms with Crippen molar-refractivity contribution in [1.82, 2.24) is 0 Å². The van der Waals surface area contributed by atoms with E-state index >= 15 is 0 Å². The largest absolute Gasteiger partial charge is 0.251 e. The van der Waals surface area contributed by atoms with E-state index in [2.05, 4.69) is 12.2 Å². The molecule has 1 aromatic carbocycles. The van der Waals surface area contributed by atoms with Crippen molar-refractivity contribution in [3.05, 3.63) is 47.3 Å². The molecule has 1 aromatic rings.